The second-order valence-corrected chi connectivity index (χ2v) is 12.1. The molecule has 0 saturated carbocycles. The molecule has 2 aliphatic rings. The molecule has 180 valence electrons. The van der Waals surface area contributed by atoms with Crippen LogP contribution in [0.5, 0.6) is 0 Å². The van der Waals surface area contributed by atoms with Gasteiger partial charge in [0.15, 0.2) is 12.2 Å². The van der Waals surface area contributed by atoms with Gasteiger partial charge in [-0.3, -0.25) is 14.5 Å². The molecule has 0 N–H and O–H groups in total. The Morgan fingerprint density at radius 1 is 1.06 bits per heavy atom. The van der Waals surface area contributed by atoms with Crippen LogP contribution in [0.2, 0.25) is 0 Å². The third kappa shape index (κ3) is 4.92. The Kier molecular flexibility index (Phi) is 7.45. The number of thioether (sulfide) groups is 2. The summed E-state index contributed by atoms with van der Waals surface area (Å²) < 4.78 is 11.5. The van der Waals surface area contributed by atoms with E-state index in [0.717, 1.165) is 22.4 Å². The van der Waals surface area contributed by atoms with Crippen molar-refractivity contribution in [3.05, 3.63) is 83.1 Å². The van der Waals surface area contributed by atoms with Gasteiger partial charge in [0, 0.05) is 18.2 Å². The van der Waals surface area contributed by atoms with Crippen LogP contribution in [0.15, 0.2) is 71.9 Å². The van der Waals surface area contributed by atoms with E-state index in [1.165, 1.54) is 0 Å². The third-order valence-corrected chi connectivity index (χ3v) is 9.13. The summed E-state index contributed by atoms with van der Waals surface area (Å²) in [5.41, 5.74) is 3.85. The van der Waals surface area contributed by atoms with Crippen LogP contribution < -0.4 is 0 Å². The van der Waals surface area contributed by atoms with Crippen molar-refractivity contribution in [1.82, 2.24) is 4.90 Å². The fourth-order valence-corrected chi connectivity index (χ4v) is 7.41. The number of esters is 1. The van der Waals surface area contributed by atoms with Gasteiger partial charge < -0.3 is 9.47 Å². The molecule has 2 aromatic carbocycles. The normalized spacial score (nSPS) is 22.5. The van der Waals surface area contributed by atoms with Crippen molar-refractivity contribution >= 4 is 35.4 Å². The maximum Gasteiger partial charge on any atom is 0.316 e. The Morgan fingerprint density at radius 2 is 1.62 bits per heavy atom. The maximum absolute atomic E-state index is 13.0. The van der Waals surface area contributed by atoms with Crippen molar-refractivity contribution in [3.63, 3.8) is 0 Å². The van der Waals surface area contributed by atoms with Gasteiger partial charge in [-0.2, -0.15) is 0 Å². The van der Waals surface area contributed by atoms with Gasteiger partial charge in [-0.05, 0) is 23.6 Å². The van der Waals surface area contributed by atoms with E-state index < -0.39 is 12.2 Å². The number of carbonyl (C=O) groups is 2. The predicted octanol–water partition coefficient (Wildman–Crippen LogP) is 5.63. The summed E-state index contributed by atoms with van der Waals surface area (Å²) in [6.07, 6.45) is -0.889. The van der Waals surface area contributed by atoms with Crippen molar-refractivity contribution in [2.75, 3.05) is 12.9 Å². The summed E-state index contributed by atoms with van der Waals surface area (Å²) in [5, 5.41) is -0.0645. The molecule has 4 rings (SSSR count). The first-order valence-corrected chi connectivity index (χ1v) is 13.3. The Labute approximate surface area is 210 Å². The molecule has 2 aliphatic heterocycles. The summed E-state index contributed by atoms with van der Waals surface area (Å²) in [6.45, 7) is 8.42. The largest absolute Gasteiger partial charge is 0.452 e. The lowest BCUT2D eigenvalue weighted by Crippen LogP contribution is -2.66. The highest BCUT2D eigenvalue weighted by Gasteiger charge is 2.55. The average molecular weight is 498 g/mol. The first-order valence-electron chi connectivity index (χ1n) is 11.4. The van der Waals surface area contributed by atoms with Crippen LogP contribution in [-0.4, -0.2) is 45.7 Å². The summed E-state index contributed by atoms with van der Waals surface area (Å²) in [4.78, 5) is 27.5. The zero-order valence-corrected chi connectivity index (χ0v) is 21.8. The Balaban J connectivity index is 1.50. The highest BCUT2D eigenvalue weighted by atomic mass is 32.2. The molecule has 7 heteroatoms. The average Bonchev–Trinajstić information content (AvgIpc) is 2.82. The molecule has 1 unspecified atom stereocenters. The summed E-state index contributed by atoms with van der Waals surface area (Å²) in [6, 6.07) is 19.6. The number of hydrogen-bond acceptors (Lipinski definition) is 6. The topological polar surface area (TPSA) is 55.8 Å². The van der Waals surface area contributed by atoms with Crippen molar-refractivity contribution < 1.29 is 19.1 Å². The Hall–Kier alpha value is -2.22. The summed E-state index contributed by atoms with van der Waals surface area (Å²) >= 11 is 3.23. The quantitative estimate of drug-likeness (QED) is 0.365. The van der Waals surface area contributed by atoms with Crippen LogP contribution in [-0.2, 0) is 19.1 Å². The highest BCUT2D eigenvalue weighted by molar-refractivity contribution is 8.17. The number of ether oxygens (including phenoxy) is 2. The number of rotatable bonds is 7. The fraction of sp³-hybridized carbons (Fsp3) is 0.407. The van der Waals surface area contributed by atoms with Crippen LogP contribution in [0.4, 0.5) is 0 Å². The first-order chi connectivity index (χ1) is 16.2. The Bertz CT molecular complexity index is 1030. The van der Waals surface area contributed by atoms with Gasteiger partial charge in [-0.1, -0.05) is 81.4 Å². The fourth-order valence-electron chi connectivity index (χ4n) is 4.57. The molecule has 2 aromatic rings. The van der Waals surface area contributed by atoms with Crippen molar-refractivity contribution in [3.8, 4) is 0 Å². The molecular weight excluding hydrogens is 466 g/mol. The molecule has 1 amide bonds. The lowest BCUT2D eigenvalue weighted by Gasteiger charge is -2.54. The number of amides is 1. The van der Waals surface area contributed by atoms with Crippen LogP contribution in [0.3, 0.4) is 0 Å². The number of hydrogen-bond donors (Lipinski definition) is 0. The minimum absolute atomic E-state index is 0.0145. The van der Waals surface area contributed by atoms with E-state index in [1.807, 2.05) is 65.6 Å². The number of carbonyl (C=O) groups excluding carboxylic acids is 2. The van der Waals surface area contributed by atoms with Gasteiger partial charge in [0.05, 0.1) is 10.3 Å². The smallest absolute Gasteiger partial charge is 0.316 e. The molecule has 0 aliphatic carbocycles. The summed E-state index contributed by atoms with van der Waals surface area (Å²) in [7, 11) is 1.58. The van der Waals surface area contributed by atoms with Gasteiger partial charge in [0.1, 0.15) is 5.37 Å². The molecule has 0 spiro atoms. The van der Waals surface area contributed by atoms with Gasteiger partial charge in [0.2, 0.25) is 0 Å². The van der Waals surface area contributed by atoms with Gasteiger partial charge in [0.25, 0.3) is 5.91 Å². The molecule has 3 atom stereocenters. The number of β-lactam (4-membered cyclic amide) rings is 1. The van der Waals surface area contributed by atoms with Crippen molar-refractivity contribution in [2.45, 2.75) is 49.9 Å². The molecule has 0 aromatic heterocycles. The monoisotopic (exact) mass is 497 g/mol. The first kappa shape index (κ1) is 24.9. The predicted molar refractivity (Wildman–Crippen MR) is 138 cm³/mol. The van der Waals surface area contributed by atoms with Crippen molar-refractivity contribution in [1.29, 1.82) is 0 Å². The van der Waals surface area contributed by atoms with E-state index >= 15 is 0 Å². The van der Waals surface area contributed by atoms with E-state index in [-0.39, 0.29) is 33.0 Å². The van der Waals surface area contributed by atoms with Crippen LogP contribution in [0.1, 0.15) is 44.9 Å². The second-order valence-electron chi connectivity index (χ2n) is 9.51. The second kappa shape index (κ2) is 10.2. The molecule has 1 fully saturated rings. The van der Waals surface area contributed by atoms with Gasteiger partial charge in [-0.25, -0.2) is 0 Å². The standard InChI is InChI=1S/C27H31NO4S2/c1-17-23(27(2,3)4)28-24(30)22(31-5)25(28)34-26(17)33-16-20(29)32-21(18-12-8-6-9-13-18)19-14-10-7-11-15-19/h6-15,21-22,25-26H,16H2,1-5H3/t22-,25-,26?/m0/s1. The lowest BCUT2D eigenvalue weighted by atomic mass is 9.85. The van der Waals surface area contributed by atoms with E-state index in [0.29, 0.717) is 0 Å². The lowest BCUT2D eigenvalue weighted by molar-refractivity contribution is -0.160. The molecule has 5 nitrogen and oxygen atoms in total. The Morgan fingerprint density at radius 3 is 2.12 bits per heavy atom. The number of allylic oxidation sites excluding steroid dienone is 1. The van der Waals surface area contributed by atoms with Crippen LogP contribution >= 0.6 is 23.5 Å². The van der Waals surface area contributed by atoms with Crippen LogP contribution in [0.25, 0.3) is 0 Å². The van der Waals surface area contributed by atoms with Gasteiger partial charge in [-0.15, -0.1) is 23.5 Å². The van der Waals surface area contributed by atoms with Crippen molar-refractivity contribution in [2.24, 2.45) is 5.41 Å². The number of benzene rings is 2. The zero-order valence-electron chi connectivity index (χ0n) is 20.2. The minimum Gasteiger partial charge on any atom is -0.452 e. The van der Waals surface area contributed by atoms with E-state index in [2.05, 4.69) is 27.7 Å². The summed E-state index contributed by atoms with van der Waals surface area (Å²) in [5.74, 6) is -0.0227. The number of nitrogens with zero attached hydrogens (tertiary/aromatic N) is 1. The molecule has 2 heterocycles. The number of fused-ring (bicyclic) bond motifs is 1. The highest BCUT2D eigenvalue weighted by Crippen LogP contribution is 2.52. The number of methoxy groups -OCH3 is 1. The minimum atomic E-state index is -0.450. The third-order valence-electron chi connectivity index (χ3n) is 6.00. The van der Waals surface area contributed by atoms with Crippen LogP contribution in [0, 0.1) is 5.41 Å². The molecule has 0 radical (unpaired) electrons. The SMILES string of the molecule is CO[C@H]1C(=O)N2C(C(C)(C)C)=C(C)C(SCC(=O)OC(c3ccccc3)c3ccccc3)S[C@@H]12. The van der Waals surface area contributed by atoms with Gasteiger partial charge >= 0.3 is 5.97 Å². The van der Waals surface area contributed by atoms with E-state index in [4.69, 9.17) is 9.47 Å². The molecule has 34 heavy (non-hydrogen) atoms. The van der Waals surface area contributed by atoms with E-state index in [9.17, 15) is 9.59 Å². The zero-order chi connectivity index (χ0) is 24.5. The molecule has 0 bridgehead atoms. The molecular formula is C27H31NO4S2. The maximum atomic E-state index is 13.0. The molecule has 1 saturated heterocycles. The van der Waals surface area contributed by atoms with E-state index in [1.54, 1.807) is 30.6 Å².